The van der Waals surface area contributed by atoms with Gasteiger partial charge in [-0.15, -0.1) is 10.2 Å². The van der Waals surface area contributed by atoms with Gasteiger partial charge in [-0.2, -0.15) is 0 Å². The fourth-order valence-corrected chi connectivity index (χ4v) is 4.08. The van der Waals surface area contributed by atoms with Gasteiger partial charge in [-0.3, -0.25) is 4.79 Å². The van der Waals surface area contributed by atoms with Gasteiger partial charge in [0, 0.05) is 18.2 Å². The third-order valence-corrected chi connectivity index (χ3v) is 5.71. The predicted octanol–water partition coefficient (Wildman–Crippen LogP) is 4.32. The van der Waals surface area contributed by atoms with E-state index in [9.17, 15) is 4.79 Å². The number of aryl methyl sites for hydroxylation is 1. The lowest BCUT2D eigenvalue weighted by Gasteiger charge is -2.36. The van der Waals surface area contributed by atoms with E-state index in [1.165, 1.54) is 18.2 Å². The number of hydrogen-bond donors (Lipinski definition) is 0. The monoisotopic (exact) mass is 359 g/mol. The van der Waals surface area contributed by atoms with Gasteiger partial charge in [0.25, 0.3) is 5.22 Å². The van der Waals surface area contributed by atoms with Crippen molar-refractivity contribution in [2.75, 3.05) is 6.54 Å². The first-order valence-electron chi connectivity index (χ1n) is 8.96. The van der Waals surface area contributed by atoms with E-state index in [1.807, 2.05) is 43.0 Å². The zero-order chi connectivity index (χ0) is 17.8. The van der Waals surface area contributed by atoms with E-state index in [0.29, 0.717) is 17.2 Å². The number of carbonyl (C=O) groups is 1. The molecule has 1 fully saturated rings. The molecule has 0 unspecified atom stereocenters. The van der Waals surface area contributed by atoms with Crippen LogP contribution in [0, 0.1) is 6.92 Å². The lowest BCUT2D eigenvalue weighted by atomic mass is 10.00. The van der Waals surface area contributed by atoms with Crippen LogP contribution in [-0.2, 0) is 4.79 Å². The lowest BCUT2D eigenvalue weighted by molar-refractivity contribution is -0.134. The summed E-state index contributed by atoms with van der Waals surface area (Å²) in [6, 6.07) is 8.28. The zero-order valence-corrected chi connectivity index (χ0v) is 15.9. The van der Waals surface area contributed by atoms with Gasteiger partial charge in [0.1, 0.15) is 0 Å². The van der Waals surface area contributed by atoms with Gasteiger partial charge >= 0.3 is 0 Å². The van der Waals surface area contributed by atoms with Gasteiger partial charge in [0.2, 0.25) is 11.8 Å². The molecule has 2 atom stereocenters. The maximum atomic E-state index is 12.8. The predicted molar refractivity (Wildman–Crippen MR) is 99.4 cm³/mol. The first-order valence-corrected chi connectivity index (χ1v) is 9.84. The molecule has 1 saturated heterocycles. The number of aromatic nitrogens is 2. The average molecular weight is 359 g/mol. The summed E-state index contributed by atoms with van der Waals surface area (Å²) in [6.07, 6.45) is 4.43. The van der Waals surface area contributed by atoms with Crippen molar-refractivity contribution in [3.05, 3.63) is 29.8 Å². The van der Waals surface area contributed by atoms with Crippen LogP contribution in [0.3, 0.4) is 0 Å². The van der Waals surface area contributed by atoms with Gasteiger partial charge in [0.15, 0.2) is 0 Å². The number of rotatable bonds is 5. The van der Waals surface area contributed by atoms with E-state index in [4.69, 9.17) is 4.42 Å². The molecule has 1 aromatic carbocycles. The molecule has 3 rings (SSSR count). The molecule has 25 heavy (non-hydrogen) atoms. The van der Waals surface area contributed by atoms with Crippen LogP contribution in [0.5, 0.6) is 0 Å². The van der Waals surface area contributed by atoms with Crippen molar-refractivity contribution in [2.45, 2.75) is 63.0 Å². The smallest absolute Gasteiger partial charge is 0.277 e. The Kier molecular flexibility index (Phi) is 5.78. The molecule has 1 aromatic heterocycles. The first kappa shape index (κ1) is 18.0. The number of benzene rings is 1. The molecule has 0 bridgehead atoms. The van der Waals surface area contributed by atoms with Crippen LogP contribution in [0.15, 0.2) is 33.9 Å². The van der Waals surface area contributed by atoms with Crippen molar-refractivity contribution in [3.63, 3.8) is 0 Å². The molecule has 6 heteroatoms. The molecule has 1 amide bonds. The number of carbonyl (C=O) groups excluding carboxylic acids is 1. The summed E-state index contributed by atoms with van der Waals surface area (Å²) < 4.78 is 5.78. The Bertz CT molecular complexity index is 731. The third kappa shape index (κ3) is 4.06. The Morgan fingerprint density at radius 2 is 2.16 bits per heavy atom. The van der Waals surface area contributed by atoms with Crippen molar-refractivity contribution in [2.24, 2.45) is 0 Å². The molecule has 1 aliphatic rings. The SMILES string of the molecule is CC[C@H]1CCCCN1C(=O)[C@@H](C)Sc1nnc(-c2ccccc2C)o1. The molecular formula is C19H25N3O2S. The largest absolute Gasteiger partial charge is 0.411 e. The van der Waals surface area contributed by atoms with Crippen LogP contribution in [0.25, 0.3) is 11.5 Å². The number of nitrogens with zero attached hydrogens (tertiary/aromatic N) is 3. The Morgan fingerprint density at radius 3 is 2.92 bits per heavy atom. The molecule has 0 saturated carbocycles. The average Bonchev–Trinajstić information content (AvgIpc) is 3.09. The minimum absolute atomic E-state index is 0.173. The van der Waals surface area contributed by atoms with Crippen LogP contribution in [0.4, 0.5) is 0 Å². The van der Waals surface area contributed by atoms with E-state index in [1.54, 1.807) is 0 Å². The summed E-state index contributed by atoms with van der Waals surface area (Å²) in [5, 5.41) is 8.48. The summed E-state index contributed by atoms with van der Waals surface area (Å²) in [5.41, 5.74) is 2.02. The van der Waals surface area contributed by atoms with Crippen LogP contribution >= 0.6 is 11.8 Å². The molecule has 134 valence electrons. The van der Waals surface area contributed by atoms with Gasteiger partial charge in [0.05, 0.1) is 5.25 Å². The molecule has 0 N–H and O–H groups in total. The number of hydrogen-bond acceptors (Lipinski definition) is 5. The second-order valence-corrected chi connectivity index (χ2v) is 7.83. The minimum atomic E-state index is -0.225. The second-order valence-electron chi connectivity index (χ2n) is 6.54. The summed E-state index contributed by atoms with van der Waals surface area (Å²) >= 11 is 1.35. The zero-order valence-electron chi connectivity index (χ0n) is 15.1. The van der Waals surface area contributed by atoms with Crippen LogP contribution in [-0.4, -0.2) is 38.8 Å². The molecular weight excluding hydrogens is 334 g/mol. The van der Waals surface area contributed by atoms with Gasteiger partial charge < -0.3 is 9.32 Å². The quantitative estimate of drug-likeness (QED) is 0.744. The standard InChI is InChI=1S/C19H25N3O2S/c1-4-15-10-7-8-12-22(15)18(23)14(3)25-19-21-20-17(24-19)16-11-6-5-9-13(16)2/h5-6,9,11,14-15H,4,7-8,10,12H2,1-3H3/t14-,15+/m1/s1. The maximum absolute atomic E-state index is 12.8. The van der Waals surface area contributed by atoms with E-state index >= 15 is 0 Å². The van der Waals surface area contributed by atoms with E-state index in [2.05, 4.69) is 17.1 Å². The van der Waals surface area contributed by atoms with E-state index in [-0.39, 0.29) is 11.2 Å². The summed E-state index contributed by atoms with van der Waals surface area (Å²) in [5.74, 6) is 0.678. The van der Waals surface area contributed by atoms with Gasteiger partial charge in [-0.1, -0.05) is 36.9 Å². The fraction of sp³-hybridized carbons (Fsp3) is 0.526. The van der Waals surface area contributed by atoms with Crippen molar-refractivity contribution < 1.29 is 9.21 Å². The summed E-state index contributed by atoms with van der Waals surface area (Å²) in [6.45, 7) is 6.95. The highest BCUT2D eigenvalue weighted by atomic mass is 32.2. The van der Waals surface area contributed by atoms with Gasteiger partial charge in [-0.05, 0) is 51.2 Å². The Balaban J connectivity index is 1.68. The highest BCUT2D eigenvalue weighted by molar-refractivity contribution is 8.00. The molecule has 0 aliphatic carbocycles. The van der Waals surface area contributed by atoms with Crippen LogP contribution < -0.4 is 0 Å². The molecule has 2 aromatic rings. The number of likely N-dealkylation sites (tertiary alicyclic amines) is 1. The Hall–Kier alpha value is -1.82. The number of thioether (sulfide) groups is 1. The molecule has 2 heterocycles. The second kappa shape index (κ2) is 8.04. The van der Waals surface area contributed by atoms with Crippen LogP contribution in [0.2, 0.25) is 0 Å². The maximum Gasteiger partial charge on any atom is 0.277 e. The van der Waals surface area contributed by atoms with Crippen LogP contribution in [0.1, 0.15) is 45.1 Å². The summed E-state index contributed by atoms with van der Waals surface area (Å²) in [4.78, 5) is 14.9. The molecule has 0 spiro atoms. The molecule has 5 nitrogen and oxygen atoms in total. The number of piperidine rings is 1. The van der Waals surface area contributed by atoms with Crippen molar-refractivity contribution in [1.82, 2.24) is 15.1 Å². The third-order valence-electron chi connectivity index (χ3n) is 4.79. The summed E-state index contributed by atoms with van der Waals surface area (Å²) in [7, 11) is 0. The lowest BCUT2D eigenvalue weighted by Crippen LogP contribution is -2.46. The minimum Gasteiger partial charge on any atom is -0.411 e. The normalized spacial score (nSPS) is 19.0. The van der Waals surface area contributed by atoms with E-state index in [0.717, 1.165) is 36.9 Å². The van der Waals surface area contributed by atoms with Crippen molar-refractivity contribution >= 4 is 17.7 Å². The molecule has 0 radical (unpaired) electrons. The van der Waals surface area contributed by atoms with Crippen molar-refractivity contribution in [1.29, 1.82) is 0 Å². The topological polar surface area (TPSA) is 59.2 Å². The molecule has 1 aliphatic heterocycles. The van der Waals surface area contributed by atoms with E-state index < -0.39 is 0 Å². The van der Waals surface area contributed by atoms with Gasteiger partial charge in [-0.25, -0.2) is 0 Å². The first-order chi connectivity index (χ1) is 12.1. The highest BCUT2D eigenvalue weighted by Crippen LogP contribution is 2.30. The fourth-order valence-electron chi connectivity index (χ4n) is 3.33. The highest BCUT2D eigenvalue weighted by Gasteiger charge is 2.30. The Labute approximate surface area is 153 Å². The van der Waals surface area contributed by atoms with Crippen molar-refractivity contribution in [3.8, 4) is 11.5 Å². The number of amides is 1. The Morgan fingerprint density at radius 1 is 1.36 bits per heavy atom.